The zero-order chi connectivity index (χ0) is 10.3. The van der Waals surface area contributed by atoms with E-state index < -0.39 is 0 Å². The Bertz CT molecular complexity index is 533. The second kappa shape index (κ2) is 3.47. The number of hydrogen-bond acceptors (Lipinski definition) is 4. The van der Waals surface area contributed by atoms with E-state index in [0.29, 0.717) is 0 Å². The molecule has 2 aromatic heterocycles. The Morgan fingerprint density at radius 1 is 1.47 bits per heavy atom. The lowest BCUT2D eigenvalue weighted by molar-refractivity contribution is 0.112. The zero-order valence-corrected chi connectivity index (χ0v) is 9.40. The molecule has 0 N–H and O–H groups in total. The van der Waals surface area contributed by atoms with Crippen LogP contribution in [0.1, 0.15) is 15.2 Å². The monoisotopic (exact) mass is 233 g/mol. The molecule has 0 aromatic carbocycles. The summed E-state index contributed by atoms with van der Waals surface area (Å²) in [5.41, 5.74) is 2.43. The average molecular weight is 233 g/mol. The summed E-state index contributed by atoms with van der Waals surface area (Å²) in [6.07, 6.45) is 2.73. The summed E-state index contributed by atoms with van der Waals surface area (Å²) < 4.78 is 0. The molecule has 0 radical (unpaired) electrons. The van der Waals surface area contributed by atoms with Gasteiger partial charge in [0.1, 0.15) is 5.03 Å². The van der Waals surface area contributed by atoms with Crippen LogP contribution in [0.5, 0.6) is 0 Å². The summed E-state index contributed by atoms with van der Waals surface area (Å²) in [6, 6.07) is 5.99. The Hall–Kier alpha value is -1.13. The SMILES string of the molecule is O=Cc1cc2c(s1)-c1cccnc1SC2. The first-order chi connectivity index (χ1) is 7.38. The minimum absolute atomic E-state index is 0.803. The molecule has 0 amide bonds. The number of aromatic nitrogens is 1. The molecule has 1 aliphatic heterocycles. The predicted octanol–water partition coefficient (Wildman–Crippen LogP) is 3.23. The molecule has 0 atom stereocenters. The minimum atomic E-state index is 0.803. The summed E-state index contributed by atoms with van der Waals surface area (Å²) in [7, 11) is 0. The van der Waals surface area contributed by atoms with Gasteiger partial charge in [-0.05, 0) is 23.8 Å². The molecule has 2 aromatic rings. The number of carbonyl (C=O) groups excluding carboxylic acids is 1. The van der Waals surface area contributed by atoms with Crippen LogP contribution in [-0.2, 0) is 5.75 Å². The molecule has 0 fully saturated rings. The molecule has 15 heavy (non-hydrogen) atoms. The Kier molecular flexibility index (Phi) is 2.11. The number of fused-ring (bicyclic) bond motifs is 3. The Labute approximate surface area is 95.4 Å². The molecule has 0 spiro atoms. The summed E-state index contributed by atoms with van der Waals surface area (Å²) in [6.45, 7) is 0. The fraction of sp³-hybridized carbons (Fsp3) is 0.0909. The average Bonchev–Trinajstić information content (AvgIpc) is 2.72. The van der Waals surface area contributed by atoms with Crippen LogP contribution in [0.3, 0.4) is 0 Å². The summed E-state index contributed by atoms with van der Waals surface area (Å²) in [4.78, 5) is 17.1. The number of carbonyl (C=O) groups is 1. The van der Waals surface area contributed by atoms with E-state index >= 15 is 0 Å². The third kappa shape index (κ3) is 1.41. The molecule has 0 unspecified atom stereocenters. The van der Waals surface area contributed by atoms with Gasteiger partial charge < -0.3 is 0 Å². The van der Waals surface area contributed by atoms with Crippen molar-refractivity contribution in [3.05, 3.63) is 34.8 Å². The molecule has 0 saturated carbocycles. The number of hydrogen-bond donors (Lipinski definition) is 0. The van der Waals surface area contributed by atoms with Crippen LogP contribution in [-0.4, -0.2) is 11.3 Å². The van der Waals surface area contributed by atoms with Gasteiger partial charge in [-0.15, -0.1) is 23.1 Å². The zero-order valence-electron chi connectivity index (χ0n) is 7.77. The van der Waals surface area contributed by atoms with Gasteiger partial charge in [-0.2, -0.15) is 0 Å². The maximum atomic E-state index is 10.7. The molecule has 0 bridgehead atoms. The lowest BCUT2D eigenvalue weighted by Crippen LogP contribution is -1.93. The van der Waals surface area contributed by atoms with Crippen molar-refractivity contribution in [2.45, 2.75) is 10.8 Å². The lowest BCUT2D eigenvalue weighted by Gasteiger charge is -2.13. The van der Waals surface area contributed by atoms with Crippen molar-refractivity contribution in [3.8, 4) is 10.4 Å². The molecule has 3 rings (SSSR count). The first kappa shape index (κ1) is 9.12. The number of pyridine rings is 1. The quantitative estimate of drug-likeness (QED) is 0.708. The molecule has 0 saturated heterocycles. The Morgan fingerprint density at radius 3 is 3.27 bits per heavy atom. The van der Waals surface area contributed by atoms with Crippen molar-refractivity contribution in [2.75, 3.05) is 0 Å². The molecular formula is C11H7NOS2. The highest BCUT2D eigenvalue weighted by molar-refractivity contribution is 7.98. The van der Waals surface area contributed by atoms with Crippen molar-refractivity contribution >= 4 is 29.4 Å². The topological polar surface area (TPSA) is 30.0 Å². The van der Waals surface area contributed by atoms with Crippen molar-refractivity contribution in [2.24, 2.45) is 0 Å². The summed E-state index contributed by atoms with van der Waals surface area (Å²) in [5, 5.41) is 1.07. The van der Waals surface area contributed by atoms with Crippen LogP contribution >= 0.6 is 23.1 Å². The first-order valence-electron chi connectivity index (χ1n) is 4.54. The number of nitrogens with zero attached hydrogens (tertiary/aromatic N) is 1. The van der Waals surface area contributed by atoms with E-state index in [0.717, 1.165) is 21.9 Å². The van der Waals surface area contributed by atoms with Gasteiger partial charge in [-0.3, -0.25) is 4.79 Å². The van der Waals surface area contributed by atoms with Crippen LogP contribution in [0.25, 0.3) is 10.4 Å². The van der Waals surface area contributed by atoms with E-state index in [2.05, 4.69) is 11.1 Å². The van der Waals surface area contributed by atoms with Gasteiger partial charge in [0.05, 0.1) is 4.88 Å². The normalized spacial score (nSPS) is 13.1. The molecular weight excluding hydrogens is 226 g/mol. The Morgan fingerprint density at radius 2 is 2.40 bits per heavy atom. The van der Waals surface area contributed by atoms with E-state index in [4.69, 9.17) is 0 Å². The fourth-order valence-corrected chi connectivity index (χ4v) is 3.83. The van der Waals surface area contributed by atoms with Gasteiger partial charge in [0.15, 0.2) is 6.29 Å². The molecule has 2 nitrogen and oxygen atoms in total. The van der Waals surface area contributed by atoms with Crippen LogP contribution in [0.2, 0.25) is 0 Å². The number of rotatable bonds is 1. The highest BCUT2D eigenvalue weighted by Gasteiger charge is 2.19. The van der Waals surface area contributed by atoms with Crippen LogP contribution < -0.4 is 0 Å². The van der Waals surface area contributed by atoms with Gasteiger partial charge in [-0.25, -0.2) is 4.98 Å². The van der Waals surface area contributed by atoms with Crippen LogP contribution in [0.15, 0.2) is 29.4 Å². The fourth-order valence-electron chi connectivity index (χ4n) is 1.67. The van der Waals surface area contributed by atoms with E-state index in [1.165, 1.54) is 16.0 Å². The highest BCUT2D eigenvalue weighted by Crippen LogP contribution is 2.43. The van der Waals surface area contributed by atoms with E-state index in [1.54, 1.807) is 23.1 Å². The van der Waals surface area contributed by atoms with Crippen molar-refractivity contribution in [1.29, 1.82) is 0 Å². The van der Waals surface area contributed by atoms with Crippen molar-refractivity contribution in [1.82, 2.24) is 4.98 Å². The van der Waals surface area contributed by atoms with Crippen molar-refractivity contribution < 1.29 is 4.79 Å². The summed E-state index contributed by atoms with van der Waals surface area (Å²) in [5.74, 6) is 0.920. The van der Waals surface area contributed by atoms with Gasteiger partial charge in [0.25, 0.3) is 0 Å². The highest BCUT2D eigenvalue weighted by atomic mass is 32.2. The molecule has 4 heteroatoms. The summed E-state index contributed by atoms with van der Waals surface area (Å²) >= 11 is 3.29. The number of aldehydes is 1. The second-order valence-electron chi connectivity index (χ2n) is 3.27. The second-order valence-corrected chi connectivity index (χ2v) is 5.31. The smallest absolute Gasteiger partial charge is 0.160 e. The van der Waals surface area contributed by atoms with Gasteiger partial charge >= 0.3 is 0 Å². The van der Waals surface area contributed by atoms with E-state index in [9.17, 15) is 4.79 Å². The van der Waals surface area contributed by atoms with Crippen LogP contribution in [0, 0.1) is 0 Å². The van der Waals surface area contributed by atoms with Gasteiger partial charge in [0, 0.05) is 22.4 Å². The standard InChI is InChI=1S/C11H7NOS2/c13-5-8-4-7-6-14-11-9(10(7)15-8)2-1-3-12-11/h1-5H,6H2. The Balaban J connectivity index is 2.24. The minimum Gasteiger partial charge on any atom is -0.297 e. The maximum absolute atomic E-state index is 10.7. The molecule has 0 aliphatic carbocycles. The number of thiophene rings is 1. The largest absolute Gasteiger partial charge is 0.297 e. The van der Waals surface area contributed by atoms with Gasteiger partial charge in [-0.1, -0.05) is 0 Å². The molecule has 74 valence electrons. The first-order valence-corrected chi connectivity index (χ1v) is 6.35. The molecule has 1 aliphatic rings. The van der Waals surface area contributed by atoms with Crippen LogP contribution in [0.4, 0.5) is 0 Å². The van der Waals surface area contributed by atoms with Gasteiger partial charge in [0.2, 0.25) is 0 Å². The van der Waals surface area contributed by atoms with Crippen molar-refractivity contribution in [3.63, 3.8) is 0 Å². The third-order valence-corrected chi connectivity index (χ3v) is 4.51. The predicted molar refractivity (Wildman–Crippen MR) is 62.5 cm³/mol. The third-order valence-electron chi connectivity index (χ3n) is 2.32. The van der Waals surface area contributed by atoms with E-state index in [1.807, 2.05) is 18.3 Å². The lowest BCUT2D eigenvalue weighted by atomic mass is 10.1. The van der Waals surface area contributed by atoms with E-state index in [-0.39, 0.29) is 0 Å². The number of thioether (sulfide) groups is 1. The molecule has 3 heterocycles. The maximum Gasteiger partial charge on any atom is 0.160 e.